The Balaban J connectivity index is 1.59. The molecule has 148 valence electrons. The monoisotopic (exact) mass is 378 g/mol. The van der Waals surface area contributed by atoms with Gasteiger partial charge in [-0.3, -0.25) is 9.59 Å². The highest BCUT2D eigenvalue weighted by Crippen LogP contribution is 2.31. The molecule has 2 heterocycles. The highest BCUT2D eigenvalue weighted by Gasteiger charge is 2.38. The van der Waals surface area contributed by atoms with Gasteiger partial charge in [0.25, 0.3) is 0 Å². The number of rotatable bonds is 8. The van der Waals surface area contributed by atoms with Crippen molar-refractivity contribution in [1.29, 1.82) is 0 Å². The maximum absolute atomic E-state index is 13.6. The first-order valence-electron chi connectivity index (χ1n) is 9.51. The zero-order chi connectivity index (χ0) is 19.3. The Morgan fingerprint density at radius 2 is 2.33 bits per heavy atom. The van der Waals surface area contributed by atoms with Crippen LogP contribution in [-0.4, -0.2) is 43.7 Å². The molecule has 2 fully saturated rings. The van der Waals surface area contributed by atoms with Gasteiger partial charge in [-0.05, 0) is 49.8 Å². The predicted octanol–water partition coefficient (Wildman–Crippen LogP) is 2.10. The van der Waals surface area contributed by atoms with E-state index in [-0.39, 0.29) is 23.7 Å². The molecule has 2 aliphatic heterocycles. The van der Waals surface area contributed by atoms with E-state index in [0.29, 0.717) is 38.6 Å². The van der Waals surface area contributed by atoms with Gasteiger partial charge in [0.2, 0.25) is 11.8 Å². The van der Waals surface area contributed by atoms with Crippen molar-refractivity contribution in [2.24, 2.45) is 0 Å². The number of carbonyl (C=O) groups excluding carboxylic acids is 2. The molecule has 0 aliphatic carbocycles. The number of benzene rings is 1. The second-order valence-electron chi connectivity index (χ2n) is 7.41. The van der Waals surface area contributed by atoms with E-state index in [1.807, 2.05) is 0 Å². The minimum atomic E-state index is -0.485. The molecule has 3 rings (SSSR count). The first-order valence-corrected chi connectivity index (χ1v) is 9.51. The summed E-state index contributed by atoms with van der Waals surface area (Å²) < 4.78 is 24.2. The van der Waals surface area contributed by atoms with E-state index in [0.717, 1.165) is 25.0 Å². The molecule has 0 spiro atoms. The SMILES string of the molecule is COc1cc(C[C@@]2(CCC(=O)NC[C@H]3CCCO3)CCC(=O)N2)ccc1F. The molecule has 0 unspecified atom stereocenters. The first-order chi connectivity index (χ1) is 13.0. The molecule has 0 bridgehead atoms. The zero-order valence-electron chi connectivity index (χ0n) is 15.7. The second-order valence-corrected chi connectivity index (χ2v) is 7.41. The van der Waals surface area contributed by atoms with Crippen molar-refractivity contribution in [3.63, 3.8) is 0 Å². The number of amides is 2. The van der Waals surface area contributed by atoms with Gasteiger partial charge < -0.3 is 20.1 Å². The summed E-state index contributed by atoms with van der Waals surface area (Å²) in [5, 5.41) is 5.96. The lowest BCUT2D eigenvalue weighted by Crippen LogP contribution is -2.44. The first kappa shape index (κ1) is 19.6. The Morgan fingerprint density at radius 3 is 3.00 bits per heavy atom. The van der Waals surface area contributed by atoms with Crippen molar-refractivity contribution in [3.05, 3.63) is 29.6 Å². The van der Waals surface area contributed by atoms with E-state index < -0.39 is 11.4 Å². The van der Waals surface area contributed by atoms with Crippen LogP contribution in [0.5, 0.6) is 5.75 Å². The summed E-state index contributed by atoms with van der Waals surface area (Å²) >= 11 is 0. The molecule has 2 aliphatic rings. The third-order valence-electron chi connectivity index (χ3n) is 5.37. The molecule has 0 aromatic heterocycles. The van der Waals surface area contributed by atoms with E-state index >= 15 is 0 Å². The fourth-order valence-corrected chi connectivity index (χ4v) is 3.86. The van der Waals surface area contributed by atoms with Crippen LogP contribution in [0.4, 0.5) is 4.39 Å². The minimum Gasteiger partial charge on any atom is -0.494 e. The fourth-order valence-electron chi connectivity index (χ4n) is 3.86. The van der Waals surface area contributed by atoms with Crippen molar-refractivity contribution >= 4 is 11.8 Å². The third-order valence-corrected chi connectivity index (χ3v) is 5.37. The number of nitrogens with one attached hydrogen (secondary N) is 2. The third kappa shape index (κ3) is 5.19. The van der Waals surface area contributed by atoms with Crippen LogP contribution in [0, 0.1) is 5.82 Å². The summed E-state index contributed by atoms with van der Waals surface area (Å²) in [4.78, 5) is 24.1. The summed E-state index contributed by atoms with van der Waals surface area (Å²) in [6, 6.07) is 4.72. The highest BCUT2D eigenvalue weighted by atomic mass is 19.1. The van der Waals surface area contributed by atoms with Crippen molar-refractivity contribution in [2.45, 2.75) is 56.6 Å². The summed E-state index contributed by atoms with van der Waals surface area (Å²) in [6.07, 6.45) is 4.63. The lowest BCUT2D eigenvalue weighted by atomic mass is 9.85. The molecule has 7 heteroatoms. The van der Waals surface area contributed by atoms with Crippen LogP contribution >= 0.6 is 0 Å². The Bertz CT molecular complexity index is 691. The average molecular weight is 378 g/mol. The van der Waals surface area contributed by atoms with E-state index in [2.05, 4.69) is 10.6 Å². The van der Waals surface area contributed by atoms with Gasteiger partial charge in [0.05, 0.1) is 13.2 Å². The van der Waals surface area contributed by atoms with Gasteiger partial charge in [-0.25, -0.2) is 4.39 Å². The van der Waals surface area contributed by atoms with Crippen molar-refractivity contribution in [1.82, 2.24) is 10.6 Å². The fraction of sp³-hybridized carbons (Fsp3) is 0.600. The Labute approximate surface area is 158 Å². The van der Waals surface area contributed by atoms with Gasteiger partial charge >= 0.3 is 0 Å². The summed E-state index contributed by atoms with van der Waals surface area (Å²) in [7, 11) is 1.42. The summed E-state index contributed by atoms with van der Waals surface area (Å²) in [5.74, 6) is -0.285. The van der Waals surface area contributed by atoms with Crippen LogP contribution in [-0.2, 0) is 20.7 Å². The average Bonchev–Trinajstić information content (AvgIpc) is 3.30. The normalized spacial score (nSPS) is 24.7. The van der Waals surface area contributed by atoms with E-state index in [4.69, 9.17) is 9.47 Å². The van der Waals surface area contributed by atoms with Gasteiger partial charge in [0.1, 0.15) is 0 Å². The molecule has 2 N–H and O–H groups in total. The molecule has 1 aromatic carbocycles. The second kappa shape index (κ2) is 8.69. The molecule has 2 amide bonds. The van der Waals surface area contributed by atoms with Crippen LogP contribution in [0.3, 0.4) is 0 Å². The van der Waals surface area contributed by atoms with Crippen LogP contribution in [0.25, 0.3) is 0 Å². The smallest absolute Gasteiger partial charge is 0.220 e. The maximum Gasteiger partial charge on any atom is 0.220 e. The number of ether oxygens (including phenoxy) is 2. The quantitative estimate of drug-likeness (QED) is 0.726. The molecule has 2 atom stereocenters. The topological polar surface area (TPSA) is 76.7 Å². The number of hydrogen-bond donors (Lipinski definition) is 2. The minimum absolute atomic E-state index is 0.0103. The Hall–Kier alpha value is -2.15. The Kier molecular flexibility index (Phi) is 6.31. The van der Waals surface area contributed by atoms with E-state index in [1.165, 1.54) is 13.2 Å². The molecule has 27 heavy (non-hydrogen) atoms. The number of hydrogen-bond acceptors (Lipinski definition) is 4. The molecular formula is C20H27FN2O4. The van der Waals surface area contributed by atoms with Crippen LogP contribution in [0.15, 0.2) is 18.2 Å². The number of carbonyl (C=O) groups is 2. The molecular weight excluding hydrogens is 351 g/mol. The maximum atomic E-state index is 13.6. The van der Waals surface area contributed by atoms with Gasteiger partial charge in [-0.2, -0.15) is 0 Å². The molecule has 2 saturated heterocycles. The van der Waals surface area contributed by atoms with E-state index in [9.17, 15) is 14.0 Å². The van der Waals surface area contributed by atoms with Crippen molar-refractivity contribution in [3.8, 4) is 5.75 Å². The van der Waals surface area contributed by atoms with Gasteiger partial charge in [-0.1, -0.05) is 6.07 Å². The lowest BCUT2D eigenvalue weighted by molar-refractivity contribution is -0.123. The van der Waals surface area contributed by atoms with Crippen molar-refractivity contribution < 1.29 is 23.5 Å². The van der Waals surface area contributed by atoms with Crippen LogP contribution < -0.4 is 15.4 Å². The van der Waals surface area contributed by atoms with Crippen molar-refractivity contribution in [2.75, 3.05) is 20.3 Å². The lowest BCUT2D eigenvalue weighted by Gasteiger charge is -2.29. The van der Waals surface area contributed by atoms with Gasteiger partial charge in [0, 0.05) is 31.5 Å². The standard InChI is InChI=1S/C20H27FN2O4/c1-26-17-11-14(4-5-16(17)21)12-20(9-7-19(25)23-20)8-6-18(24)22-13-15-3-2-10-27-15/h4-5,11,15H,2-3,6-10,12-13H2,1H3,(H,22,24)(H,23,25)/t15-,20-/m1/s1. The van der Waals surface area contributed by atoms with Crippen LogP contribution in [0.1, 0.15) is 44.1 Å². The zero-order valence-corrected chi connectivity index (χ0v) is 15.7. The molecule has 1 aromatic rings. The summed E-state index contributed by atoms with van der Waals surface area (Å²) in [6.45, 7) is 1.30. The van der Waals surface area contributed by atoms with Crippen LogP contribution in [0.2, 0.25) is 0 Å². The molecule has 6 nitrogen and oxygen atoms in total. The number of halogens is 1. The Morgan fingerprint density at radius 1 is 1.48 bits per heavy atom. The molecule has 0 saturated carbocycles. The molecule has 0 radical (unpaired) electrons. The number of methoxy groups -OCH3 is 1. The highest BCUT2D eigenvalue weighted by molar-refractivity contribution is 5.80. The summed E-state index contributed by atoms with van der Waals surface area (Å²) in [5.41, 5.74) is 0.386. The van der Waals surface area contributed by atoms with Gasteiger partial charge in [-0.15, -0.1) is 0 Å². The van der Waals surface area contributed by atoms with E-state index in [1.54, 1.807) is 12.1 Å². The predicted molar refractivity (Wildman–Crippen MR) is 98.0 cm³/mol. The van der Waals surface area contributed by atoms with Gasteiger partial charge in [0.15, 0.2) is 11.6 Å². The largest absolute Gasteiger partial charge is 0.494 e.